The highest BCUT2D eigenvalue weighted by Gasteiger charge is 2.22. The van der Waals surface area contributed by atoms with E-state index in [1.807, 2.05) is 18.2 Å². The second kappa shape index (κ2) is 10.0. The first-order valence-electron chi connectivity index (χ1n) is 10.4. The van der Waals surface area contributed by atoms with Gasteiger partial charge in [0.2, 0.25) is 5.91 Å². The lowest BCUT2D eigenvalue weighted by Crippen LogP contribution is -2.41. The van der Waals surface area contributed by atoms with Gasteiger partial charge in [0.15, 0.2) is 5.13 Å². The van der Waals surface area contributed by atoms with Gasteiger partial charge in [0, 0.05) is 24.3 Å². The molecule has 2 heterocycles. The van der Waals surface area contributed by atoms with Gasteiger partial charge in [-0.1, -0.05) is 25.2 Å². The molecule has 8 nitrogen and oxygen atoms in total. The predicted octanol–water partition coefficient (Wildman–Crippen LogP) is 2.85. The van der Waals surface area contributed by atoms with Crippen molar-refractivity contribution in [2.75, 3.05) is 38.2 Å². The molecule has 0 bridgehead atoms. The first kappa shape index (κ1) is 22.9. The first-order chi connectivity index (χ1) is 14.9. The van der Waals surface area contributed by atoms with Crippen LogP contribution in [0.5, 0.6) is 5.75 Å². The van der Waals surface area contributed by atoms with E-state index < -0.39 is 0 Å². The molecule has 0 saturated carbocycles. The molecular formula is C22H29N5O3S. The number of ether oxygens (including phenoxy) is 1. The number of thiazole rings is 1. The van der Waals surface area contributed by atoms with E-state index in [9.17, 15) is 9.59 Å². The Morgan fingerprint density at radius 2 is 1.94 bits per heavy atom. The Kier molecular flexibility index (Phi) is 7.40. The molecule has 3 rings (SSSR count). The number of amides is 1. The number of rotatable bonds is 9. The van der Waals surface area contributed by atoms with Crippen LogP contribution in [0.4, 0.5) is 5.13 Å². The van der Waals surface area contributed by atoms with Crippen molar-refractivity contribution in [3.05, 3.63) is 46.1 Å². The normalized spacial score (nSPS) is 11.3. The minimum absolute atomic E-state index is 0.0789. The Labute approximate surface area is 186 Å². The standard InChI is InChI=1S/C22H29N5O3S/c1-6-25(7-2)10-11-27(20(28)13-26-14-23-16(4)15(3)21(26)29)22-24-18-9-8-17(30-5)12-19(18)31-22/h8-9,12,14H,6-7,10-11,13H2,1-5H3. The number of nitrogens with zero attached hydrogens (tertiary/aromatic N) is 5. The highest BCUT2D eigenvalue weighted by Crippen LogP contribution is 2.31. The van der Waals surface area contributed by atoms with Crippen molar-refractivity contribution in [2.45, 2.75) is 34.2 Å². The van der Waals surface area contributed by atoms with Crippen LogP contribution in [0.1, 0.15) is 25.1 Å². The third kappa shape index (κ3) is 5.11. The molecule has 31 heavy (non-hydrogen) atoms. The molecule has 0 fully saturated rings. The summed E-state index contributed by atoms with van der Waals surface area (Å²) in [6.45, 7) is 10.6. The zero-order chi connectivity index (χ0) is 22.5. The fraction of sp³-hybridized carbons (Fsp3) is 0.455. The maximum Gasteiger partial charge on any atom is 0.256 e. The van der Waals surface area contributed by atoms with Crippen LogP contribution in [0, 0.1) is 13.8 Å². The fourth-order valence-electron chi connectivity index (χ4n) is 3.26. The Bertz CT molecular complexity index is 1120. The summed E-state index contributed by atoms with van der Waals surface area (Å²) in [7, 11) is 1.62. The van der Waals surface area contributed by atoms with Gasteiger partial charge < -0.3 is 9.64 Å². The maximum absolute atomic E-state index is 13.3. The van der Waals surface area contributed by atoms with Gasteiger partial charge in [0.1, 0.15) is 12.3 Å². The highest BCUT2D eigenvalue weighted by atomic mass is 32.1. The summed E-state index contributed by atoms with van der Waals surface area (Å²) in [4.78, 5) is 38.7. The van der Waals surface area contributed by atoms with Gasteiger partial charge in [0.05, 0.1) is 23.7 Å². The second-order valence-electron chi connectivity index (χ2n) is 7.29. The van der Waals surface area contributed by atoms with Crippen LogP contribution >= 0.6 is 11.3 Å². The van der Waals surface area contributed by atoms with Crippen molar-refractivity contribution in [1.82, 2.24) is 19.4 Å². The number of fused-ring (bicyclic) bond motifs is 1. The summed E-state index contributed by atoms with van der Waals surface area (Å²) in [5, 5.41) is 0.616. The number of aryl methyl sites for hydroxylation is 1. The summed E-state index contributed by atoms with van der Waals surface area (Å²) in [6, 6.07) is 5.66. The summed E-state index contributed by atoms with van der Waals surface area (Å²) >= 11 is 1.44. The molecular weight excluding hydrogens is 414 g/mol. The zero-order valence-electron chi connectivity index (χ0n) is 18.7. The van der Waals surface area contributed by atoms with Gasteiger partial charge in [-0.2, -0.15) is 0 Å². The van der Waals surface area contributed by atoms with Crippen molar-refractivity contribution in [2.24, 2.45) is 0 Å². The number of likely N-dealkylation sites (N-methyl/N-ethyl adjacent to an activating group) is 1. The van der Waals surface area contributed by atoms with Crippen LogP contribution in [0.2, 0.25) is 0 Å². The monoisotopic (exact) mass is 443 g/mol. The third-order valence-corrected chi connectivity index (χ3v) is 6.51. The molecule has 9 heteroatoms. The van der Waals surface area contributed by atoms with Crippen LogP contribution < -0.4 is 15.2 Å². The second-order valence-corrected chi connectivity index (χ2v) is 8.30. The van der Waals surface area contributed by atoms with Crippen LogP contribution in [0.15, 0.2) is 29.3 Å². The minimum atomic E-state index is -0.196. The van der Waals surface area contributed by atoms with Crippen molar-refractivity contribution >= 4 is 32.6 Å². The molecule has 0 aliphatic heterocycles. The zero-order valence-corrected chi connectivity index (χ0v) is 19.5. The van der Waals surface area contributed by atoms with Crippen LogP contribution in [0.25, 0.3) is 10.2 Å². The summed E-state index contributed by atoms with van der Waals surface area (Å²) < 4.78 is 7.62. The van der Waals surface area contributed by atoms with Gasteiger partial charge in [0.25, 0.3) is 5.56 Å². The average Bonchev–Trinajstić information content (AvgIpc) is 3.19. The van der Waals surface area contributed by atoms with E-state index >= 15 is 0 Å². The summed E-state index contributed by atoms with van der Waals surface area (Å²) in [5.74, 6) is 0.557. The fourth-order valence-corrected chi connectivity index (χ4v) is 4.30. The number of aromatic nitrogens is 3. The van der Waals surface area contributed by atoms with Gasteiger partial charge in [-0.25, -0.2) is 9.97 Å². The number of hydrogen-bond donors (Lipinski definition) is 0. The van der Waals surface area contributed by atoms with Crippen molar-refractivity contribution in [1.29, 1.82) is 0 Å². The van der Waals surface area contributed by atoms with Crippen LogP contribution in [0.3, 0.4) is 0 Å². The number of hydrogen-bond acceptors (Lipinski definition) is 7. The number of methoxy groups -OCH3 is 1. The number of carbonyl (C=O) groups is 1. The van der Waals surface area contributed by atoms with E-state index in [4.69, 9.17) is 4.74 Å². The van der Waals surface area contributed by atoms with Crippen molar-refractivity contribution in [3.63, 3.8) is 0 Å². The lowest BCUT2D eigenvalue weighted by molar-refractivity contribution is -0.119. The predicted molar refractivity (Wildman–Crippen MR) is 124 cm³/mol. The van der Waals surface area contributed by atoms with E-state index in [0.717, 1.165) is 35.6 Å². The molecule has 3 aromatic rings. The Morgan fingerprint density at radius 3 is 2.61 bits per heavy atom. The average molecular weight is 444 g/mol. The molecule has 0 N–H and O–H groups in total. The number of carbonyl (C=O) groups excluding carboxylic acids is 1. The third-order valence-electron chi connectivity index (χ3n) is 5.47. The first-order valence-corrected chi connectivity index (χ1v) is 11.2. The van der Waals surface area contributed by atoms with Crippen LogP contribution in [-0.2, 0) is 11.3 Å². The minimum Gasteiger partial charge on any atom is -0.497 e. The quantitative estimate of drug-likeness (QED) is 0.506. The molecule has 166 valence electrons. The Balaban J connectivity index is 1.93. The molecule has 0 spiro atoms. The Morgan fingerprint density at radius 1 is 1.19 bits per heavy atom. The smallest absolute Gasteiger partial charge is 0.256 e. The largest absolute Gasteiger partial charge is 0.497 e. The molecule has 0 unspecified atom stereocenters. The highest BCUT2D eigenvalue weighted by molar-refractivity contribution is 7.22. The maximum atomic E-state index is 13.3. The molecule has 1 aromatic carbocycles. The molecule has 1 amide bonds. The molecule has 0 radical (unpaired) electrons. The van der Waals surface area contributed by atoms with E-state index in [1.165, 1.54) is 22.2 Å². The topological polar surface area (TPSA) is 80.6 Å². The summed E-state index contributed by atoms with van der Waals surface area (Å²) in [5.41, 5.74) is 1.84. The van der Waals surface area contributed by atoms with Gasteiger partial charge in [-0.3, -0.25) is 19.1 Å². The van der Waals surface area contributed by atoms with E-state index in [2.05, 4.69) is 28.7 Å². The number of benzene rings is 1. The van der Waals surface area contributed by atoms with Gasteiger partial charge in [-0.05, 0) is 45.1 Å². The molecule has 0 saturated heterocycles. The molecule has 0 aliphatic carbocycles. The van der Waals surface area contributed by atoms with E-state index in [1.54, 1.807) is 25.9 Å². The lowest BCUT2D eigenvalue weighted by Gasteiger charge is -2.25. The molecule has 0 aliphatic rings. The summed E-state index contributed by atoms with van der Waals surface area (Å²) in [6.07, 6.45) is 1.44. The Hall–Kier alpha value is -2.78. The van der Waals surface area contributed by atoms with E-state index in [0.29, 0.717) is 22.9 Å². The van der Waals surface area contributed by atoms with Gasteiger partial charge >= 0.3 is 0 Å². The van der Waals surface area contributed by atoms with E-state index in [-0.39, 0.29) is 18.0 Å². The molecule has 2 aromatic heterocycles. The van der Waals surface area contributed by atoms with Crippen molar-refractivity contribution in [3.8, 4) is 5.75 Å². The van der Waals surface area contributed by atoms with Crippen molar-refractivity contribution < 1.29 is 9.53 Å². The number of anilines is 1. The van der Waals surface area contributed by atoms with Gasteiger partial charge in [-0.15, -0.1) is 0 Å². The molecule has 0 atom stereocenters. The lowest BCUT2D eigenvalue weighted by atomic mass is 10.3. The van der Waals surface area contributed by atoms with Crippen LogP contribution in [-0.4, -0.2) is 58.6 Å². The SMILES string of the molecule is CCN(CC)CCN(C(=O)Cn1cnc(C)c(C)c1=O)c1nc2ccc(OC)cc2s1.